The molecule has 2 aromatic carbocycles. The van der Waals surface area contributed by atoms with Crippen molar-refractivity contribution in [1.82, 2.24) is 10.4 Å². The Morgan fingerprint density at radius 2 is 1.79 bits per heavy atom. The summed E-state index contributed by atoms with van der Waals surface area (Å²) >= 11 is 6.66. The van der Waals surface area contributed by atoms with Crippen LogP contribution in [0.25, 0.3) is 6.08 Å². The van der Waals surface area contributed by atoms with Crippen LogP contribution in [-0.2, 0) is 16.2 Å². The van der Waals surface area contributed by atoms with Crippen LogP contribution in [0.4, 0.5) is 4.39 Å². The molecule has 1 aliphatic heterocycles. The minimum atomic E-state index is -0.368. The second kappa shape index (κ2) is 10.6. The van der Waals surface area contributed by atoms with E-state index in [1.165, 1.54) is 42.1 Å². The zero-order valence-electron chi connectivity index (χ0n) is 21.8. The third-order valence-corrected chi connectivity index (χ3v) is 9.74. The summed E-state index contributed by atoms with van der Waals surface area (Å²) in [7, 11) is 0. The highest BCUT2D eigenvalue weighted by atomic mass is 32.2. The zero-order chi connectivity index (χ0) is 27.1. The van der Waals surface area contributed by atoms with Crippen molar-refractivity contribution in [1.29, 1.82) is 0 Å². The Balaban J connectivity index is 1.16. The highest BCUT2D eigenvalue weighted by Crippen LogP contribution is 2.60. The van der Waals surface area contributed by atoms with Crippen LogP contribution in [0.5, 0.6) is 11.5 Å². The molecule has 5 fully saturated rings. The highest BCUT2D eigenvalue weighted by molar-refractivity contribution is 8.26. The normalized spacial score (nSPS) is 28.3. The number of hydrogen-bond donors (Lipinski definition) is 1. The van der Waals surface area contributed by atoms with Crippen LogP contribution in [0.1, 0.15) is 56.6 Å². The number of benzene rings is 2. The number of carbonyl (C=O) groups excluding carboxylic acids is 2. The van der Waals surface area contributed by atoms with Gasteiger partial charge in [-0.1, -0.05) is 36.0 Å². The second-order valence-electron chi connectivity index (χ2n) is 11.2. The molecule has 5 aliphatic rings. The van der Waals surface area contributed by atoms with Crippen LogP contribution in [0, 0.1) is 29.0 Å². The lowest BCUT2D eigenvalue weighted by Crippen LogP contribution is -2.57. The number of hydrazine groups is 1. The van der Waals surface area contributed by atoms with Gasteiger partial charge >= 0.3 is 0 Å². The van der Waals surface area contributed by atoms with Crippen molar-refractivity contribution in [2.75, 3.05) is 6.61 Å². The maximum absolute atomic E-state index is 14.0. The van der Waals surface area contributed by atoms with Gasteiger partial charge in [0.25, 0.3) is 5.91 Å². The number of thiocarbonyl (C=S) groups is 1. The molecule has 4 saturated carbocycles. The molecule has 39 heavy (non-hydrogen) atoms. The van der Waals surface area contributed by atoms with E-state index in [0.717, 1.165) is 24.8 Å². The smallest absolute Gasteiger partial charge is 0.285 e. The lowest BCUT2D eigenvalue weighted by molar-refractivity contribution is -0.152. The van der Waals surface area contributed by atoms with Gasteiger partial charge in [-0.2, -0.15) is 5.01 Å². The SMILES string of the molecule is CCOc1cc(/C=C2/SC(=S)N(NC(=O)C34CC5CC(CC(C5)C3)C4)C2=O)ccc1OCc1ccccc1F. The largest absolute Gasteiger partial charge is 0.490 e. The molecule has 1 heterocycles. The molecule has 0 radical (unpaired) electrons. The number of ether oxygens (including phenoxy) is 2. The van der Waals surface area contributed by atoms with Crippen molar-refractivity contribution >= 4 is 46.2 Å². The first kappa shape index (κ1) is 26.3. The van der Waals surface area contributed by atoms with Crippen molar-refractivity contribution < 1.29 is 23.5 Å². The summed E-state index contributed by atoms with van der Waals surface area (Å²) in [6, 6.07) is 11.8. The molecule has 4 aliphatic carbocycles. The van der Waals surface area contributed by atoms with E-state index in [4.69, 9.17) is 21.7 Å². The fourth-order valence-corrected chi connectivity index (χ4v) is 8.28. The monoisotopic (exact) mass is 566 g/mol. The molecule has 0 spiro atoms. The molecule has 0 unspecified atom stereocenters. The average Bonchev–Trinajstić information content (AvgIpc) is 3.15. The van der Waals surface area contributed by atoms with Crippen LogP contribution in [0.3, 0.4) is 0 Å². The summed E-state index contributed by atoms with van der Waals surface area (Å²) in [5.74, 6) is 2.14. The lowest BCUT2D eigenvalue weighted by Gasteiger charge is -2.55. The summed E-state index contributed by atoms with van der Waals surface area (Å²) in [5.41, 5.74) is 3.70. The highest BCUT2D eigenvalue weighted by Gasteiger charge is 2.55. The van der Waals surface area contributed by atoms with Gasteiger partial charge in [0, 0.05) is 5.56 Å². The van der Waals surface area contributed by atoms with Gasteiger partial charge in [-0.15, -0.1) is 0 Å². The maximum atomic E-state index is 14.0. The van der Waals surface area contributed by atoms with Crippen molar-refractivity contribution in [3.05, 3.63) is 64.3 Å². The van der Waals surface area contributed by atoms with E-state index in [0.29, 0.717) is 50.6 Å². The van der Waals surface area contributed by atoms with Crippen LogP contribution >= 0.6 is 24.0 Å². The summed E-state index contributed by atoms with van der Waals surface area (Å²) in [4.78, 5) is 27.2. The first-order valence-electron chi connectivity index (χ1n) is 13.6. The van der Waals surface area contributed by atoms with Gasteiger partial charge in [0.2, 0.25) is 5.91 Å². The number of amides is 2. The minimum absolute atomic E-state index is 0.0610. The van der Waals surface area contributed by atoms with Gasteiger partial charge in [0.15, 0.2) is 15.8 Å². The maximum Gasteiger partial charge on any atom is 0.285 e. The van der Waals surface area contributed by atoms with Crippen LogP contribution in [0.2, 0.25) is 0 Å². The molecule has 0 aromatic heterocycles. The Bertz CT molecular complexity index is 1320. The Morgan fingerprint density at radius 3 is 2.46 bits per heavy atom. The summed E-state index contributed by atoms with van der Waals surface area (Å²) < 4.78 is 25.9. The van der Waals surface area contributed by atoms with Gasteiger partial charge in [0.05, 0.1) is 16.9 Å². The van der Waals surface area contributed by atoms with E-state index in [-0.39, 0.29) is 29.7 Å². The van der Waals surface area contributed by atoms with Crippen LogP contribution in [-0.4, -0.2) is 27.8 Å². The molecule has 1 N–H and O–H groups in total. The minimum Gasteiger partial charge on any atom is -0.490 e. The van der Waals surface area contributed by atoms with Gasteiger partial charge in [0.1, 0.15) is 12.4 Å². The number of thioether (sulfide) groups is 1. The lowest BCUT2D eigenvalue weighted by atomic mass is 9.49. The zero-order valence-corrected chi connectivity index (χ0v) is 23.4. The van der Waals surface area contributed by atoms with Crippen molar-refractivity contribution in [3.8, 4) is 11.5 Å². The molecule has 4 bridgehead atoms. The van der Waals surface area contributed by atoms with Crippen molar-refractivity contribution in [2.45, 2.75) is 52.1 Å². The van der Waals surface area contributed by atoms with E-state index in [1.54, 1.807) is 42.5 Å². The number of rotatable bonds is 8. The Labute approximate surface area is 237 Å². The van der Waals surface area contributed by atoms with E-state index >= 15 is 0 Å². The summed E-state index contributed by atoms with van der Waals surface area (Å²) in [6.45, 7) is 2.34. The van der Waals surface area contributed by atoms with E-state index in [9.17, 15) is 14.0 Å². The van der Waals surface area contributed by atoms with Crippen molar-refractivity contribution in [2.24, 2.45) is 23.2 Å². The molecular weight excluding hydrogens is 535 g/mol. The second-order valence-corrected chi connectivity index (χ2v) is 12.9. The average molecular weight is 567 g/mol. The number of nitrogens with one attached hydrogen (secondary N) is 1. The number of carbonyl (C=O) groups is 2. The number of hydrogen-bond acceptors (Lipinski definition) is 6. The van der Waals surface area contributed by atoms with Gasteiger partial charge in [-0.3, -0.25) is 15.0 Å². The fourth-order valence-electron chi connectivity index (χ4n) is 7.10. The van der Waals surface area contributed by atoms with Gasteiger partial charge < -0.3 is 9.47 Å². The predicted molar refractivity (Wildman–Crippen MR) is 152 cm³/mol. The summed E-state index contributed by atoms with van der Waals surface area (Å²) in [6.07, 6.45) is 8.22. The van der Waals surface area contributed by atoms with Crippen LogP contribution in [0.15, 0.2) is 47.4 Å². The molecule has 2 amide bonds. The molecule has 1 saturated heterocycles. The summed E-state index contributed by atoms with van der Waals surface area (Å²) in [5, 5.41) is 1.24. The number of halogens is 1. The molecule has 6 nitrogen and oxygen atoms in total. The Kier molecular flexibility index (Phi) is 7.14. The van der Waals surface area contributed by atoms with Gasteiger partial charge in [-0.25, -0.2) is 4.39 Å². The number of nitrogens with zero attached hydrogens (tertiary/aromatic N) is 1. The van der Waals surface area contributed by atoms with Gasteiger partial charge in [-0.05, 0) is 105 Å². The first-order chi connectivity index (χ1) is 18.8. The topological polar surface area (TPSA) is 67.9 Å². The molecule has 2 aromatic rings. The Morgan fingerprint density at radius 1 is 1.10 bits per heavy atom. The quantitative estimate of drug-likeness (QED) is 0.301. The molecule has 9 heteroatoms. The van der Waals surface area contributed by atoms with E-state index < -0.39 is 0 Å². The molecule has 204 valence electrons. The predicted octanol–water partition coefficient (Wildman–Crippen LogP) is 6.25. The standard InChI is InChI=1S/C30H31FN2O4S2/c1-2-36-25-12-18(7-8-24(25)37-17-22-5-3-4-6-23(22)31)13-26-27(34)33(29(38)39-26)32-28(35)30-14-19-9-20(15-30)11-21(10-19)16-30/h3-8,12-13,19-21H,2,9-11,14-17H2,1H3,(H,32,35)/b26-13+. The van der Waals surface area contributed by atoms with E-state index in [2.05, 4.69) is 5.43 Å². The molecular formula is C30H31FN2O4S2. The van der Waals surface area contributed by atoms with Crippen LogP contribution < -0.4 is 14.9 Å². The molecule has 7 rings (SSSR count). The third kappa shape index (κ3) is 5.18. The van der Waals surface area contributed by atoms with E-state index in [1.807, 2.05) is 6.92 Å². The molecule has 0 atom stereocenters. The van der Waals surface area contributed by atoms with Crippen molar-refractivity contribution in [3.63, 3.8) is 0 Å². The third-order valence-electron chi connectivity index (χ3n) is 8.43. The first-order valence-corrected chi connectivity index (χ1v) is 14.8. The Hall–Kier alpha value is -2.91. The fraction of sp³-hybridized carbons (Fsp3) is 0.433.